The maximum Gasteiger partial charge on any atom is 0.121 e. The van der Waals surface area contributed by atoms with Gasteiger partial charge in [0.05, 0.1) is 12.2 Å². The number of aromatic amines is 1. The van der Waals surface area contributed by atoms with Gasteiger partial charge in [0.25, 0.3) is 0 Å². The Morgan fingerprint density at radius 2 is 2.29 bits per heavy atom. The summed E-state index contributed by atoms with van der Waals surface area (Å²) in [5.41, 5.74) is 7.10. The molecule has 4 nitrogen and oxygen atoms in total. The number of nitrogens with two attached hydrogens (primary N) is 1. The third kappa shape index (κ3) is 1.69. The van der Waals surface area contributed by atoms with Crippen molar-refractivity contribution in [1.29, 1.82) is 0 Å². The Morgan fingerprint density at radius 3 is 2.86 bits per heavy atom. The SMILES string of the molecule is NCc1nc(-c2ccccn2)c(Br)[nH]1. The molecule has 0 spiro atoms. The van der Waals surface area contributed by atoms with Crippen LogP contribution in [0.1, 0.15) is 5.82 Å². The largest absolute Gasteiger partial charge is 0.335 e. The average molecular weight is 253 g/mol. The first-order valence-corrected chi connectivity index (χ1v) is 4.96. The Balaban J connectivity index is 2.46. The fourth-order valence-electron chi connectivity index (χ4n) is 1.17. The number of halogens is 1. The second kappa shape index (κ2) is 3.89. The number of hydrogen-bond acceptors (Lipinski definition) is 3. The van der Waals surface area contributed by atoms with Crippen LogP contribution in [0.5, 0.6) is 0 Å². The lowest BCUT2D eigenvalue weighted by Crippen LogP contribution is -1.97. The minimum absolute atomic E-state index is 0.394. The lowest BCUT2D eigenvalue weighted by Gasteiger charge is -1.94. The Kier molecular flexibility index (Phi) is 2.60. The molecule has 5 heteroatoms. The Bertz CT molecular complexity index is 424. The van der Waals surface area contributed by atoms with Crippen molar-refractivity contribution in [2.45, 2.75) is 6.54 Å². The molecule has 0 bridgehead atoms. The fourth-order valence-corrected chi connectivity index (χ4v) is 1.69. The first-order chi connectivity index (χ1) is 6.81. The van der Waals surface area contributed by atoms with E-state index in [-0.39, 0.29) is 0 Å². The first-order valence-electron chi connectivity index (χ1n) is 4.17. The van der Waals surface area contributed by atoms with Gasteiger partial charge in [-0.15, -0.1) is 0 Å². The van der Waals surface area contributed by atoms with Crippen LogP contribution in [-0.4, -0.2) is 15.0 Å². The minimum atomic E-state index is 0.394. The van der Waals surface area contributed by atoms with E-state index in [1.165, 1.54) is 0 Å². The van der Waals surface area contributed by atoms with Gasteiger partial charge in [0, 0.05) is 6.20 Å². The van der Waals surface area contributed by atoms with Crippen molar-refractivity contribution >= 4 is 15.9 Å². The van der Waals surface area contributed by atoms with Crippen LogP contribution in [0.3, 0.4) is 0 Å². The van der Waals surface area contributed by atoms with Gasteiger partial charge >= 0.3 is 0 Å². The number of pyridine rings is 1. The summed E-state index contributed by atoms with van der Waals surface area (Å²) >= 11 is 3.38. The molecule has 0 radical (unpaired) electrons. The molecule has 2 aromatic rings. The van der Waals surface area contributed by atoms with Gasteiger partial charge in [0.15, 0.2) is 0 Å². The summed E-state index contributed by atoms with van der Waals surface area (Å²) < 4.78 is 0.816. The van der Waals surface area contributed by atoms with Crippen LogP contribution >= 0.6 is 15.9 Å². The zero-order valence-corrected chi connectivity index (χ0v) is 8.95. The van der Waals surface area contributed by atoms with E-state index in [2.05, 4.69) is 30.9 Å². The van der Waals surface area contributed by atoms with Crippen LogP contribution in [0.2, 0.25) is 0 Å². The van der Waals surface area contributed by atoms with E-state index in [9.17, 15) is 0 Å². The molecule has 0 atom stereocenters. The Labute approximate surface area is 89.7 Å². The number of hydrogen-bond donors (Lipinski definition) is 2. The molecule has 0 aliphatic carbocycles. The maximum atomic E-state index is 5.48. The van der Waals surface area contributed by atoms with Crippen LogP contribution < -0.4 is 5.73 Å². The summed E-state index contributed by atoms with van der Waals surface area (Å²) in [5.74, 6) is 0.748. The van der Waals surface area contributed by atoms with Crippen LogP contribution in [0, 0.1) is 0 Å². The number of nitrogens with one attached hydrogen (secondary N) is 1. The van der Waals surface area contributed by atoms with Crippen molar-refractivity contribution < 1.29 is 0 Å². The average Bonchev–Trinajstić information content (AvgIpc) is 2.61. The number of rotatable bonds is 2. The third-order valence-corrected chi connectivity index (χ3v) is 2.38. The number of imidazole rings is 1. The van der Waals surface area contributed by atoms with E-state index in [0.717, 1.165) is 21.8 Å². The third-order valence-electron chi connectivity index (χ3n) is 1.81. The Hall–Kier alpha value is -1.20. The summed E-state index contributed by atoms with van der Waals surface area (Å²) in [7, 11) is 0. The van der Waals surface area contributed by atoms with Crippen molar-refractivity contribution in [3.8, 4) is 11.4 Å². The van der Waals surface area contributed by atoms with Gasteiger partial charge in [-0.25, -0.2) is 4.98 Å². The van der Waals surface area contributed by atoms with Gasteiger partial charge < -0.3 is 10.7 Å². The second-order valence-corrected chi connectivity index (χ2v) is 3.56. The summed E-state index contributed by atoms with van der Waals surface area (Å²) in [5, 5.41) is 0. The molecule has 2 heterocycles. The van der Waals surface area contributed by atoms with E-state index < -0.39 is 0 Å². The van der Waals surface area contributed by atoms with E-state index in [1.807, 2.05) is 18.2 Å². The van der Waals surface area contributed by atoms with Gasteiger partial charge in [-0.2, -0.15) is 0 Å². The van der Waals surface area contributed by atoms with E-state index in [0.29, 0.717) is 6.54 Å². The smallest absolute Gasteiger partial charge is 0.121 e. The van der Waals surface area contributed by atoms with Crippen LogP contribution in [-0.2, 0) is 6.54 Å². The van der Waals surface area contributed by atoms with Gasteiger partial charge in [-0.05, 0) is 28.1 Å². The van der Waals surface area contributed by atoms with Crippen molar-refractivity contribution in [1.82, 2.24) is 15.0 Å². The Morgan fingerprint density at radius 1 is 1.43 bits per heavy atom. The molecular weight excluding hydrogens is 244 g/mol. The lowest BCUT2D eigenvalue weighted by molar-refractivity contribution is 0.947. The highest BCUT2D eigenvalue weighted by Gasteiger charge is 2.09. The normalized spacial score (nSPS) is 10.4. The molecular formula is C9H9BrN4. The van der Waals surface area contributed by atoms with Crippen LogP contribution in [0.4, 0.5) is 0 Å². The molecule has 14 heavy (non-hydrogen) atoms. The topological polar surface area (TPSA) is 67.6 Å². The molecule has 0 fully saturated rings. The predicted molar refractivity (Wildman–Crippen MR) is 57.4 cm³/mol. The molecule has 0 aliphatic rings. The number of nitrogens with zero attached hydrogens (tertiary/aromatic N) is 2. The highest BCUT2D eigenvalue weighted by Crippen LogP contribution is 2.23. The van der Waals surface area contributed by atoms with Crippen molar-refractivity contribution in [2.24, 2.45) is 5.73 Å². The van der Waals surface area contributed by atoms with Crippen molar-refractivity contribution in [3.63, 3.8) is 0 Å². The summed E-state index contributed by atoms with van der Waals surface area (Å²) in [6, 6.07) is 5.70. The van der Waals surface area contributed by atoms with Gasteiger partial charge in [0.1, 0.15) is 16.1 Å². The molecule has 72 valence electrons. The number of H-pyrrole nitrogens is 1. The molecule has 2 aromatic heterocycles. The summed E-state index contributed by atoms with van der Waals surface area (Å²) in [6.07, 6.45) is 1.73. The van der Waals surface area contributed by atoms with E-state index >= 15 is 0 Å². The molecule has 0 aliphatic heterocycles. The van der Waals surface area contributed by atoms with Crippen LogP contribution in [0.25, 0.3) is 11.4 Å². The molecule has 0 saturated carbocycles. The van der Waals surface area contributed by atoms with Gasteiger partial charge in [0.2, 0.25) is 0 Å². The quantitative estimate of drug-likeness (QED) is 0.855. The van der Waals surface area contributed by atoms with Gasteiger partial charge in [-0.1, -0.05) is 6.07 Å². The fraction of sp³-hybridized carbons (Fsp3) is 0.111. The molecule has 2 rings (SSSR count). The van der Waals surface area contributed by atoms with E-state index in [4.69, 9.17) is 5.73 Å². The maximum absolute atomic E-state index is 5.48. The summed E-state index contributed by atoms with van der Waals surface area (Å²) in [4.78, 5) is 11.5. The highest BCUT2D eigenvalue weighted by atomic mass is 79.9. The monoisotopic (exact) mass is 252 g/mol. The first kappa shape index (κ1) is 9.36. The second-order valence-electron chi connectivity index (χ2n) is 2.77. The van der Waals surface area contributed by atoms with Crippen molar-refractivity contribution in [2.75, 3.05) is 0 Å². The number of aromatic nitrogens is 3. The molecule has 0 amide bonds. The zero-order chi connectivity index (χ0) is 9.97. The molecule has 0 aromatic carbocycles. The van der Waals surface area contributed by atoms with Crippen molar-refractivity contribution in [3.05, 3.63) is 34.8 Å². The molecule has 0 saturated heterocycles. The molecule has 0 unspecified atom stereocenters. The minimum Gasteiger partial charge on any atom is -0.335 e. The molecule has 3 N–H and O–H groups in total. The highest BCUT2D eigenvalue weighted by molar-refractivity contribution is 9.10. The van der Waals surface area contributed by atoms with E-state index in [1.54, 1.807) is 6.20 Å². The zero-order valence-electron chi connectivity index (χ0n) is 7.37. The standard InChI is InChI=1S/C9H9BrN4/c10-9-8(13-7(5-11)14-9)6-3-1-2-4-12-6/h1-4H,5,11H2,(H,13,14). The summed E-state index contributed by atoms with van der Waals surface area (Å²) in [6.45, 7) is 0.394. The predicted octanol–water partition coefficient (Wildman–Crippen LogP) is 1.69. The lowest BCUT2D eigenvalue weighted by atomic mass is 10.3. The van der Waals surface area contributed by atoms with Crippen LogP contribution in [0.15, 0.2) is 29.0 Å². The van der Waals surface area contributed by atoms with Gasteiger partial charge in [-0.3, -0.25) is 4.98 Å².